The molecule has 1 aromatic heterocycles. The molecule has 1 aliphatic carbocycles. The first-order valence-electron chi connectivity index (χ1n) is 6.71. The molecular weight excluding hydrogens is 301 g/mol. The molecule has 0 amide bonds. The second kappa shape index (κ2) is 5.05. The van der Waals surface area contributed by atoms with Crippen LogP contribution in [0.4, 0.5) is 13.2 Å². The van der Waals surface area contributed by atoms with Crippen molar-refractivity contribution in [2.75, 3.05) is 0 Å². The number of nitrogens with zero attached hydrogens (tertiary/aromatic N) is 1. The molecule has 0 aliphatic heterocycles. The Balaban J connectivity index is 2.32. The molecule has 118 valence electrons. The quantitative estimate of drug-likeness (QED) is 0.908. The van der Waals surface area contributed by atoms with Gasteiger partial charge in [-0.3, -0.25) is 0 Å². The smallest absolute Gasteiger partial charge is 0.248 e. The monoisotopic (exact) mass is 320 g/mol. The highest BCUT2D eigenvalue weighted by Gasteiger charge is 2.40. The largest absolute Gasteiger partial charge is 0.433 e. The molecule has 1 N–H and O–H groups in total. The first-order chi connectivity index (χ1) is 9.43. The van der Waals surface area contributed by atoms with Crippen molar-refractivity contribution in [2.24, 2.45) is 0 Å². The molecule has 0 bridgehead atoms. The molecular formula is C14H19F3N2OS. The summed E-state index contributed by atoms with van der Waals surface area (Å²) < 4.78 is 52.9. The van der Waals surface area contributed by atoms with Crippen molar-refractivity contribution in [2.45, 2.75) is 57.0 Å². The zero-order valence-electron chi connectivity index (χ0n) is 12.5. The van der Waals surface area contributed by atoms with Crippen molar-refractivity contribution in [3.63, 3.8) is 0 Å². The highest BCUT2D eigenvalue weighted by Crippen LogP contribution is 2.38. The van der Waals surface area contributed by atoms with E-state index in [1.165, 1.54) is 6.07 Å². The van der Waals surface area contributed by atoms with Gasteiger partial charge in [0, 0.05) is 5.69 Å². The molecule has 1 aliphatic rings. The fourth-order valence-electron chi connectivity index (χ4n) is 2.32. The second-order valence-electron chi connectivity index (χ2n) is 6.50. The van der Waals surface area contributed by atoms with Crippen molar-refractivity contribution in [3.05, 3.63) is 29.1 Å². The van der Waals surface area contributed by atoms with E-state index in [1.54, 1.807) is 0 Å². The lowest BCUT2D eigenvalue weighted by atomic mass is 9.97. The zero-order valence-corrected chi connectivity index (χ0v) is 13.3. The van der Waals surface area contributed by atoms with Crippen LogP contribution in [-0.2, 0) is 29.1 Å². The summed E-state index contributed by atoms with van der Waals surface area (Å²) >= 11 is 0. The van der Waals surface area contributed by atoms with E-state index in [0.717, 1.165) is 6.07 Å². The van der Waals surface area contributed by atoms with E-state index in [-0.39, 0.29) is 0 Å². The molecule has 0 radical (unpaired) electrons. The Morgan fingerprint density at radius 3 is 2.43 bits per heavy atom. The van der Waals surface area contributed by atoms with E-state index in [2.05, 4.69) is 9.71 Å². The van der Waals surface area contributed by atoms with Crippen LogP contribution in [0.1, 0.15) is 51.1 Å². The van der Waals surface area contributed by atoms with E-state index < -0.39 is 33.1 Å². The predicted molar refractivity (Wildman–Crippen MR) is 75.9 cm³/mol. The molecule has 0 spiro atoms. The van der Waals surface area contributed by atoms with Crippen molar-refractivity contribution < 1.29 is 17.4 Å². The Labute approximate surface area is 124 Å². The Kier molecular flexibility index (Phi) is 3.95. The molecule has 1 aromatic rings. The van der Waals surface area contributed by atoms with Crippen molar-refractivity contribution >= 4 is 11.0 Å². The van der Waals surface area contributed by atoms with Gasteiger partial charge in [0.2, 0.25) is 0 Å². The Morgan fingerprint density at radius 2 is 1.90 bits per heavy atom. The molecule has 2 unspecified atom stereocenters. The molecule has 21 heavy (non-hydrogen) atoms. The maximum absolute atomic E-state index is 12.7. The summed E-state index contributed by atoms with van der Waals surface area (Å²) in [6, 6.07) is 2.44. The van der Waals surface area contributed by atoms with Crippen molar-refractivity contribution in [1.82, 2.24) is 9.71 Å². The number of rotatable bonds is 2. The van der Waals surface area contributed by atoms with Crippen LogP contribution in [0.15, 0.2) is 12.1 Å². The van der Waals surface area contributed by atoms with Crippen LogP contribution >= 0.6 is 0 Å². The summed E-state index contributed by atoms with van der Waals surface area (Å²) in [5.41, 5.74) is -0.341. The summed E-state index contributed by atoms with van der Waals surface area (Å²) in [6.07, 6.45) is -3.40. The van der Waals surface area contributed by atoms with Crippen LogP contribution in [-0.4, -0.2) is 13.9 Å². The molecule has 0 aromatic carbocycles. The van der Waals surface area contributed by atoms with Crippen molar-refractivity contribution in [1.29, 1.82) is 0 Å². The third kappa shape index (κ3) is 3.29. The van der Waals surface area contributed by atoms with Gasteiger partial charge in [0.1, 0.15) is 5.69 Å². The summed E-state index contributed by atoms with van der Waals surface area (Å²) in [4.78, 5) is 3.73. The number of alkyl halides is 3. The number of pyridine rings is 1. The minimum absolute atomic E-state index is 0.436. The van der Waals surface area contributed by atoms with Crippen LogP contribution in [0.25, 0.3) is 0 Å². The highest BCUT2D eigenvalue weighted by atomic mass is 32.2. The first-order valence-corrected chi connectivity index (χ1v) is 7.86. The standard InChI is InChI=1S/C14H19F3N2OS/c1-12(2,3)21(20)19-13(4)8-7-10-9(13)5-6-11(18-10)14(15,16)17/h5-6,19H,7-8H2,1-4H3. The topological polar surface area (TPSA) is 42.0 Å². The molecule has 7 heteroatoms. The normalized spacial score (nSPS) is 24.0. The van der Waals surface area contributed by atoms with E-state index in [0.29, 0.717) is 24.1 Å². The average Bonchev–Trinajstić information content (AvgIpc) is 2.64. The van der Waals surface area contributed by atoms with Gasteiger partial charge in [-0.15, -0.1) is 0 Å². The number of hydrogen-bond donors (Lipinski definition) is 1. The summed E-state index contributed by atoms with van der Waals surface area (Å²) in [5.74, 6) is 0. The molecule has 3 nitrogen and oxygen atoms in total. The fraction of sp³-hybridized carbons (Fsp3) is 0.643. The summed E-state index contributed by atoms with van der Waals surface area (Å²) in [6.45, 7) is 7.40. The van der Waals surface area contributed by atoms with Crippen molar-refractivity contribution in [3.8, 4) is 0 Å². The van der Waals surface area contributed by atoms with E-state index in [9.17, 15) is 17.4 Å². The van der Waals surface area contributed by atoms with Crippen LogP contribution in [0.5, 0.6) is 0 Å². The fourth-order valence-corrected chi connectivity index (χ4v) is 3.25. The molecule has 0 saturated heterocycles. The Bertz CT molecular complexity index is 581. The van der Waals surface area contributed by atoms with Gasteiger partial charge in [-0.2, -0.15) is 13.2 Å². The number of fused-ring (bicyclic) bond motifs is 1. The maximum Gasteiger partial charge on any atom is 0.433 e. The SMILES string of the molecule is CC1(NS(=O)C(C)(C)C)CCc2nc(C(F)(F)F)ccc21. The highest BCUT2D eigenvalue weighted by molar-refractivity contribution is 7.84. The molecule has 0 saturated carbocycles. The average molecular weight is 320 g/mol. The van der Waals surface area contributed by atoms with Crippen LogP contribution in [0.3, 0.4) is 0 Å². The van der Waals surface area contributed by atoms with Gasteiger partial charge in [-0.25, -0.2) is 13.9 Å². The van der Waals surface area contributed by atoms with E-state index in [4.69, 9.17) is 0 Å². The maximum atomic E-state index is 12.7. The number of nitrogens with one attached hydrogen (secondary N) is 1. The number of hydrogen-bond acceptors (Lipinski definition) is 2. The molecule has 2 rings (SSSR count). The van der Waals surface area contributed by atoms with Crippen LogP contribution < -0.4 is 4.72 Å². The number of halogens is 3. The van der Waals surface area contributed by atoms with Gasteiger partial charge < -0.3 is 0 Å². The van der Waals surface area contributed by atoms with Crippen LogP contribution in [0.2, 0.25) is 0 Å². The minimum atomic E-state index is -4.43. The Morgan fingerprint density at radius 1 is 1.29 bits per heavy atom. The van der Waals surface area contributed by atoms with Crippen LogP contribution in [0, 0.1) is 0 Å². The predicted octanol–water partition coefficient (Wildman–Crippen LogP) is 3.31. The summed E-state index contributed by atoms with van der Waals surface area (Å²) in [7, 11) is -1.30. The number of aryl methyl sites for hydroxylation is 1. The lowest BCUT2D eigenvalue weighted by Crippen LogP contribution is -2.44. The van der Waals surface area contributed by atoms with E-state index >= 15 is 0 Å². The lowest BCUT2D eigenvalue weighted by molar-refractivity contribution is -0.141. The van der Waals surface area contributed by atoms with E-state index in [1.807, 2.05) is 27.7 Å². The number of aromatic nitrogens is 1. The minimum Gasteiger partial charge on any atom is -0.248 e. The second-order valence-corrected chi connectivity index (χ2v) is 8.47. The Hall–Kier alpha value is -0.950. The third-order valence-electron chi connectivity index (χ3n) is 3.60. The summed E-state index contributed by atoms with van der Waals surface area (Å²) in [5, 5.41) is 0. The zero-order chi connectivity index (χ0) is 16.1. The molecule has 1 heterocycles. The third-order valence-corrected chi connectivity index (χ3v) is 5.34. The molecule has 2 atom stereocenters. The van der Waals surface area contributed by atoms with Gasteiger partial charge in [0.15, 0.2) is 0 Å². The van der Waals surface area contributed by atoms with Gasteiger partial charge in [-0.05, 0) is 52.2 Å². The van der Waals surface area contributed by atoms with Gasteiger partial charge in [-0.1, -0.05) is 6.07 Å². The van der Waals surface area contributed by atoms with Gasteiger partial charge in [0.05, 0.1) is 21.3 Å². The first kappa shape index (κ1) is 16.4. The molecule has 0 fully saturated rings. The lowest BCUT2D eigenvalue weighted by Gasteiger charge is -2.30. The van der Waals surface area contributed by atoms with Gasteiger partial charge >= 0.3 is 6.18 Å². The van der Waals surface area contributed by atoms with Gasteiger partial charge in [0.25, 0.3) is 0 Å².